The molecule has 0 aliphatic carbocycles. The third-order valence-electron chi connectivity index (χ3n) is 2.36. The van der Waals surface area contributed by atoms with Crippen LogP contribution in [0.2, 0.25) is 0 Å². The SMILES string of the molecule is O=C(O)c1cnc(N[C@@H]2CCOC2)c(F)c1. The number of ether oxygens (including phenoxy) is 1. The quantitative estimate of drug-likeness (QED) is 0.808. The summed E-state index contributed by atoms with van der Waals surface area (Å²) < 4.78 is 18.6. The van der Waals surface area contributed by atoms with Crippen LogP contribution in [0.3, 0.4) is 0 Å². The van der Waals surface area contributed by atoms with Crippen molar-refractivity contribution in [1.82, 2.24) is 4.98 Å². The second-order valence-corrected chi connectivity index (χ2v) is 3.56. The van der Waals surface area contributed by atoms with Crippen molar-refractivity contribution in [2.24, 2.45) is 0 Å². The molecule has 0 bridgehead atoms. The van der Waals surface area contributed by atoms with Gasteiger partial charge in [-0.25, -0.2) is 14.2 Å². The van der Waals surface area contributed by atoms with E-state index in [1.165, 1.54) is 0 Å². The monoisotopic (exact) mass is 226 g/mol. The zero-order valence-corrected chi connectivity index (χ0v) is 8.44. The molecule has 1 aromatic rings. The van der Waals surface area contributed by atoms with Gasteiger partial charge < -0.3 is 15.2 Å². The Hall–Kier alpha value is -1.69. The Morgan fingerprint density at radius 2 is 2.50 bits per heavy atom. The summed E-state index contributed by atoms with van der Waals surface area (Å²) in [5.74, 6) is -1.78. The molecule has 16 heavy (non-hydrogen) atoms. The Bertz CT molecular complexity index is 405. The summed E-state index contributed by atoms with van der Waals surface area (Å²) in [5, 5.41) is 11.5. The summed E-state index contributed by atoms with van der Waals surface area (Å²) in [7, 11) is 0. The van der Waals surface area contributed by atoms with Gasteiger partial charge in [0.25, 0.3) is 0 Å². The first-order valence-corrected chi connectivity index (χ1v) is 4.90. The fourth-order valence-corrected chi connectivity index (χ4v) is 1.50. The molecule has 0 unspecified atom stereocenters. The van der Waals surface area contributed by atoms with Gasteiger partial charge in [0.15, 0.2) is 11.6 Å². The van der Waals surface area contributed by atoms with Gasteiger partial charge in [0.05, 0.1) is 18.2 Å². The first-order chi connectivity index (χ1) is 7.66. The fourth-order valence-electron chi connectivity index (χ4n) is 1.50. The third kappa shape index (κ3) is 2.27. The largest absolute Gasteiger partial charge is 0.478 e. The van der Waals surface area contributed by atoms with Gasteiger partial charge in [0, 0.05) is 12.8 Å². The van der Waals surface area contributed by atoms with Crippen LogP contribution in [0.4, 0.5) is 10.2 Å². The topological polar surface area (TPSA) is 71.5 Å². The van der Waals surface area contributed by atoms with Crippen LogP contribution in [0, 0.1) is 5.82 Å². The summed E-state index contributed by atoms with van der Waals surface area (Å²) >= 11 is 0. The van der Waals surface area contributed by atoms with E-state index >= 15 is 0 Å². The number of aromatic carboxylic acids is 1. The van der Waals surface area contributed by atoms with E-state index in [0.717, 1.165) is 18.7 Å². The second kappa shape index (κ2) is 4.44. The van der Waals surface area contributed by atoms with Crippen molar-refractivity contribution in [2.75, 3.05) is 18.5 Å². The third-order valence-corrected chi connectivity index (χ3v) is 2.36. The number of nitrogens with zero attached hydrogens (tertiary/aromatic N) is 1. The molecule has 2 N–H and O–H groups in total. The normalized spacial score (nSPS) is 19.7. The molecular formula is C10H11FN2O3. The molecule has 5 nitrogen and oxygen atoms in total. The molecule has 0 saturated carbocycles. The number of hydrogen-bond donors (Lipinski definition) is 2. The highest BCUT2D eigenvalue weighted by Gasteiger charge is 2.18. The number of aromatic nitrogens is 1. The second-order valence-electron chi connectivity index (χ2n) is 3.56. The van der Waals surface area contributed by atoms with Gasteiger partial charge in [-0.2, -0.15) is 0 Å². The van der Waals surface area contributed by atoms with Crippen LogP contribution < -0.4 is 5.32 Å². The number of halogens is 1. The average Bonchev–Trinajstić information content (AvgIpc) is 2.73. The van der Waals surface area contributed by atoms with Crippen LogP contribution in [0.1, 0.15) is 16.8 Å². The lowest BCUT2D eigenvalue weighted by molar-refractivity contribution is 0.0696. The van der Waals surface area contributed by atoms with E-state index < -0.39 is 11.8 Å². The van der Waals surface area contributed by atoms with Crippen molar-refractivity contribution in [3.63, 3.8) is 0 Å². The molecule has 1 fully saturated rings. The number of anilines is 1. The van der Waals surface area contributed by atoms with Crippen molar-refractivity contribution in [2.45, 2.75) is 12.5 Å². The highest BCUT2D eigenvalue weighted by atomic mass is 19.1. The number of rotatable bonds is 3. The van der Waals surface area contributed by atoms with Gasteiger partial charge in [-0.1, -0.05) is 0 Å². The van der Waals surface area contributed by atoms with Gasteiger partial charge >= 0.3 is 5.97 Å². The highest BCUT2D eigenvalue weighted by Crippen LogP contribution is 2.16. The summed E-state index contributed by atoms with van der Waals surface area (Å²) in [6.07, 6.45) is 1.92. The number of nitrogens with one attached hydrogen (secondary N) is 1. The molecule has 2 heterocycles. The standard InChI is InChI=1S/C10H11FN2O3/c11-8-3-6(10(14)15)4-12-9(8)13-7-1-2-16-5-7/h3-4,7H,1-2,5H2,(H,12,13)(H,14,15)/t7-/m1/s1. The minimum atomic E-state index is -1.19. The molecule has 1 saturated heterocycles. The molecule has 6 heteroatoms. The van der Waals surface area contributed by atoms with Crippen LogP contribution in [-0.2, 0) is 4.74 Å². The first kappa shape index (κ1) is 10.8. The molecule has 0 aromatic carbocycles. The van der Waals surface area contributed by atoms with Gasteiger partial charge in [-0.05, 0) is 12.5 Å². The fraction of sp³-hybridized carbons (Fsp3) is 0.400. The molecule has 1 atom stereocenters. The highest BCUT2D eigenvalue weighted by molar-refractivity contribution is 5.87. The molecule has 1 aliphatic rings. The predicted octanol–water partition coefficient (Wildman–Crippen LogP) is 1.12. The molecule has 1 aromatic heterocycles. The Morgan fingerprint density at radius 3 is 3.06 bits per heavy atom. The van der Waals surface area contributed by atoms with Gasteiger partial charge in [0.2, 0.25) is 0 Å². The Morgan fingerprint density at radius 1 is 1.69 bits per heavy atom. The molecule has 2 rings (SSSR count). The zero-order chi connectivity index (χ0) is 11.5. The van der Waals surface area contributed by atoms with E-state index in [0.29, 0.717) is 13.2 Å². The van der Waals surface area contributed by atoms with Gasteiger partial charge in [-0.15, -0.1) is 0 Å². The van der Waals surface area contributed by atoms with Crippen LogP contribution in [0.5, 0.6) is 0 Å². The molecule has 0 amide bonds. The van der Waals surface area contributed by atoms with Crippen molar-refractivity contribution in [3.05, 3.63) is 23.6 Å². The maximum Gasteiger partial charge on any atom is 0.337 e. The molecule has 0 radical (unpaired) electrons. The van der Waals surface area contributed by atoms with E-state index in [1.807, 2.05) is 0 Å². The van der Waals surface area contributed by atoms with Crippen LogP contribution in [0.25, 0.3) is 0 Å². The van der Waals surface area contributed by atoms with Crippen molar-refractivity contribution in [1.29, 1.82) is 0 Å². The smallest absolute Gasteiger partial charge is 0.337 e. The number of carbonyl (C=O) groups is 1. The predicted molar refractivity (Wildman–Crippen MR) is 54.0 cm³/mol. The maximum absolute atomic E-state index is 13.4. The lowest BCUT2D eigenvalue weighted by Crippen LogP contribution is -2.20. The summed E-state index contributed by atoms with van der Waals surface area (Å²) in [6, 6.07) is 0.991. The van der Waals surface area contributed by atoms with Crippen molar-refractivity contribution >= 4 is 11.8 Å². The van der Waals surface area contributed by atoms with Crippen LogP contribution in [-0.4, -0.2) is 35.3 Å². The summed E-state index contributed by atoms with van der Waals surface area (Å²) in [6.45, 7) is 1.16. The van der Waals surface area contributed by atoms with E-state index in [2.05, 4.69) is 10.3 Å². The molecule has 1 aliphatic heterocycles. The lowest BCUT2D eigenvalue weighted by atomic mass is 10.2. The summed E-state index contributed by atoms with van der Waals surface area (Å²) in [4.78, 5) is 14.3. The lowest BCUT2D eigenvalue weighted by Gasteiger charge is -2.11. The maximum atomic E-state index is 13.4. The number of carboxylic acids is 1. The van der Waals surface area contributed by atoms with Crippen molar-refractivity contribution in [3.8, 4) is 0 Å². The average molecular weight is 226 g/mol. The van der Waals surface area contributed by atoms with Crippen LogP contribution in [0.15, 0.2) is 12.3 Å². The number of hydrogen-bond acceptors (Lipinski definition) is 4. The van der Waals surface area contributed by atoms with E-state index in [4.69, 9.17) is 9.84 Å². The Labute approximate surface area is 91.3 Å². The van der Waals surface area contributed by atoms with E-state index in [-0.39, 0.29) is 17.4 Å². The Balaban J connectivity index is 2.12. The summed E-state index contributed by atoms with van der Waals surface area (Å²) in [5.41, 5.74) is -0.161. The minimum Gasteiger partial charge on any atom is -0.478 e. The van der Waals surface area contributed by atoms with E-state index in [9.17, 15) is 9.18 Å². The number of carboxylic acid groups (broad SMARTS) is 1. The zero-order valence-electron chi connectivity index (χ0n) is 8.44. The van der Waals surface area contributed by atoms with E-state index in [1.54, 1.807) is 0 Å². The van der Waals surface area contributed by atoms with Crippen LogP contribution >= 0.6 is 0 Å². The van der Waals surface area contributed by atoms with Gasteiger partial charge in [0.1, 0.15) is 0 Å². The molecule has 0 spiro atoms. The molecule has 86 valence electrons. The van der Waals surface area contributed by atoms with Gasteiger partial charge in [-0.3, -0.25) is 0 Å². The minimum absolute atomic E-state index is 0.0395. The molecular weight excluding hydrogens is 215 g/mol. The number of pyridine rings is 1. The first-order valence-electron chi connectivity index (χ1n) is 4.90. The van der Waals surface area contributed by atoms with Crippen molar-refractivity contribution < 1.29 is 19.0 Å². The Kier molecular flexibility index (Phi) is 3.00.